The van der Waals surface area contributed by atoms with Gasteiger partial charge in [0.1, 0.15) is 0 Å². The van der Waals surface area contributed by atoms with Crippen LogP contribution in [0.1, 0.15) is 27.7 Å². The highest BCUT2D eigenvalue weighted by Gasteiger charge is 2.06. The molecule has 0 saturated carbocycles. The molecule has 0 fully saturated rings. The maximum atomic E-state index is 5.80. The molecule has 0 aromatic heterocycles. The lowest BCUT2D eigenvalue weighted by atomic mass is 10.1. The first-order valence-corrected chi connectivity index (χ1v) is 4.03. The quantitative estimate of drug-likeness (QED) is 0.617. The fourth-order valence-electron chi connectivity index (χ4n) is 0.607. The van der Waals surface area contributed by atoms with Crippen LogP contribution in [-0.2, 0) is 0 Å². The van der Waals surface area contributed by atoms with E-state index < -0.39 is 0 Å². The van der Waals surface area contributed by atoms with Crippen molar-refractivity contribution >= 4 is 0 Å². The van der Waals surface area contributed by atoms with E-state index in [2.05, 4.69) is 33.0 Å². The molecule has 1 atom stereocenters. The van der Waals surface area contributed by atoms with Crippen molar-refractivity contribution < 1.29 is 0 Å². The van der Waals surface area contributed by atoms with Crippen molar-refractivity contribution in [1.82, 2.24) is 5.32 Å². The van der Waals surface area contributed by atoms with Gasteiger partial charge in [-0.15, -0.1) is 0 Å². The molecule has 0 radical (unpaired) electrons. The van der Waals surface area contributed by atoms with Crippen LogP contribution in [0.25, 0.3) is 0 Å². The highest BCUT2D eigenvalue weighted by Crippen LogP contribution is 1.96. The van der Waals surface area contributed by atoms with Gasteiger partial charge in [-0.05, 0) is 5.92 Å². The molecule has 0 amide bonds. The molecule has 0 aromatic rings. The Kier molecular flexibility index (Phi) is 4.65. The van der Waals surface area contributed by atoms with Crippen molar-refractivity contribution in [2.24, 2.45) is 11.7 Å². The van der Waals surface area contributed by atoms with Crippen molar-refractivity contribution in [1.29, 1.82) is 0 Å². The molecule has 62 valence electrons. The predicted octanol–water partition coefficient (Wildman–Crippen LogP) is 0.968. The number of rotatable bonds is 4. The summed E-state index contributed by atoms with van der Waals surface area (Å²) in [6.45, 7) is 9.48. The first-order valence-electron chi connectivity index (χ1n) is 4.03. The Balaban J connectivity index is 3.30. The second-order valence-electron chi connectivity index (χ2n) is 3.47. The van der Waals surface area contributed by atoms with Crippen LogP contribution in [0, 0.1) is 5.92 Å². The number of hydrogen-bond donors (Lipinski definition) is 2. The zero-order chi connectivity index (χ0) is 8.15. The van der Waals surface area contributed by atoms with Crippen LogP contribution in [0.15, 0.2) is 0 Å². The molecule has 3 N–H and O–H groups in total. The Morgan fingerprint density at radius 3 is 2.00 bits per heavy atom. The molecule has 0 spiro atoms. The number of hydrogen-bond acceptors (Lipinski definition) is 2. The minimum Gasteiger partial charge on any atom is -0.326 e. The summed E-state index contributed by atoms with van der Waals surface area (Å²) in [6.07, 6.45) is 0. The van der Waals surface area contributed by atoms with Gasteiger partial charge in [0.15, 0.2) is 0 Å². The third-order valence-electron chi connectivity index (χ3n) is 1.62. The first kappa shape index (κ1) is 9.92. The average Bonchev–Trinajstić information content (AvgIpc) is 1.82. The number of nitrogens with one attached hydrogen (secondary N) is 1. The highest BCUT2D eigenvalue weighted by atomic mass is 14.9. The van der Waals surface area contributed by atoms with Crippen LogP contribution in [0.4, 0.5) is 0 Å². The van der Waals surface area contributed by atoms with Crippen LogP contribution in [0.5, 0.6) is 0 Å². The third kappa shape index (κ3) is 4.77. The molecular weight excluding hydrogens is 124 g/mol. The van der Waals surface area contributed by atoms with Crippen molar-refractivity contribution in [2.75, 3.05) is 6.54 Å². The van der Waals surface area contributed by atoms with Crippen molar-refractivity contribution in [3.8, 4) is 0 Å². The Morgan fingerprint density at radius 2 is 1.70 bits per heavy atom. The van der Waals surface area contributed by atoms with Crippen molar-refractivity contribution in [3.63, 3.8) is 0 Å². The van der Waals surface area contributed by atoms with Gasteiger partial charge >= 0.3 is 0 Å². The summed E-state index contributed by atoms with van der Waals surface area (Å²) < 4.78 is 0. The Bertz CT molecular complexity index is 79.3. The SMILES string of the molecule is CC(C)NC[C@H](N)C(C)C. The fourth-order valence-corrected chi connectivity index (χ4v) is 0.607. The fraction of sp³-hybridized carbons (Fsp3) is 1.00. The first-order chi connectivity index (χ1) is 4.54. The molecule has 0 aliphatic rings. The third-order valence-corrected chi connectivity index (χ3v) is 1.62. The highest BCUT2D eigenvalue weighted by molar-refractivity contribution is 4.69. The Morgan fingerprint density at radius 1 is 1.20 bits per heavy atom. The lowest BCUT2D eigenvalue weighted by molar-refractivity contribution is 0.439. The van der Waals surface area contributed by atoms with Crippen LogP contribution >= 0.6 is 0 Å². The van der Waals surface area contributed by atoms with E-state index in [0.717, 1.165) is 6.54 Å². The molecule has 0 bridgehead atoms. The number of nitrogens with two attached hydrogens (primary N) is 1. The Labute approximate surface area is 64.2 Å². The molecule has 0 heterocycles. The van der Waals surface area contributed by atoms with Crippen LogP contribution in [-0.4, -0.2) is 18.6 Å². The second-order valence-corrected chi connectivity index (χ2v) is 3.47. The molecule has 0 saturated heterocycles. The summed E-state index contributed by atoms with van der Waals surface area (Å²) >= 11 is 0. The molecule has 2 heteroatoms. The summed E-state index contributed by atoms with van der Waals surface area (Å²) in [5.41, 5.74) is 5.80. The molecule has 0 aromatic carbocycles. The van der Waals surface area contributed by atoms with E-state index in [-0.39, 0.29) is 0 Å². The molecule has 2 nitrogen and oxygen atoms in total. The summed E-state index contributed by atoms with van der Waals surface area (Å²) in [5, 5.41) is 3.30. The molecule has 0 aliphatic carbocycles. The lowest BCUT2D eigenvalue weighted by Gasteiger charge is -2.17. The van der Waals surface area contributed by atoms with Gasteiger partial charge in [-0.3, -0.25) is 0 Å². The lowest BCUT2D eigenvalue weighted by Crippen LogP contribution is -2.40. The van der Waals surface area contributed by atoms with Crippen molar-refractivity contribution in [3.05, 3.63) is 0 Å². The van der Waals surface area contributed by atoms with Gasteiger partial charge in [0.2, 0.25) is 0 Å². The van der Waals surface area contributed by atoms with Crippen LogP contribution < -0.4 is 11.1 Å². The smallest absolute Gasteiger partial charge is 0.0188 e. The monoisotopic (exact) mass is 144 g/mol. The van der Waals surface area contributed by atoms with Crippen LogP contribution in [0.3, 0.4) is 0 Å². The van der Waals surface area contributed by atoms with E-state index >= 15 is 0 Å². The normalized spacial score (nSPS) is 14.7. The van der Waals surface area contributed by atoms with Gasteiger partial charge in [-0.2, -0.15) is 0 Å². The summed E-state index contributed by atoms with van der Waals surface area (Å²) in [5.74, 6) is 0.575. The van der Waals surface area contributed by atoms with Crippen molar-refractivity contribution in [2.45, 2.75) is 39.8 Å². The second kappa shape index (κ2) is 4.69. The van der Waals surface area contributed by atoms with E-state index in [1.54, 1.807) is 0 Å². The molecule has 0 aliphatic heterocycles. The largest absolute Gasteiger partial charge is 0.326 e. The summed E-state index contributed by atoms with van der Waals surface area (Å²) in [4.78, 5) is 0. The minimum atomic E-state index is 0.294. The molecule has 0 unspecified atom stereocenters. The maximum Gasteiger partial charge on any atom is 0.0188 e. The summed E-state index contributed by atoms with van der Waals surface area (Å²) in [7, 11) is 0. The van der Waals surface area contributed by atoms with Gasteiger partial charge in [0.05, 0.1) is 0 Å². The molecule has 10 heavy (non-hydrogen) atoms. The summed E-state index contributed by atoms with van der Waals surface area (Å²) in [6, 6.07) is 0.840. The van der Waals surface area contributed by atoms with E-state index in [4.69, 9.17) is 5.73 Å². The zero-order valence-electron chi connectivity index (χ0n) is 7.52. The molecule has 0 rings (SSSR count). The standard InChI is InChI=1S/C8H20N2/c1-6(2)8(9)5-10-7(3)4/h6-8,10H,5,9H2,1-4H3/t8-/m0/s1. The van der Waals surface area contributed by atoms with Gasteiger partial charge in [-0.25, -0.2) is 0 Å². The van der Waals surface area contributed by atoms with E-state index in [1.807, 2.05) is 0 Å². The van der Waals surface area contributed by atoms with E-state index in [9.17, 15) is 0 Å². The van der Waals surface area contributed by atoms with Gasteiger partial charge < -0.3 is 11.1 Å². The van der Waals surface area contributed by atoms with Gasteiger partial charge in [0.25, 0.3) is 0 Å². The van der Waals surface area contributed by atoms with E-state index in [0.29, 0.717) is 18.0 Å². The molecular formula is C8H20N2. The predicted molar refractivity (Wildman–Crippen MR) is 46.0 cm³/mol. The minimum absolute atomic E-state index is 0.294. The Hall–Kier alpha value is -0.0800. The topological polar surface area (TPSA) is 38.0 Å². The van der Waals surface area contributed by atoms with Crippen LogP contribution in [0.2, 0.25) is 0 Å². The van der Waals surface area contributed by atoms with E-state index in [1.165, 1.54) is 0 Å². The average molecular weight is 144 g/mol. The zero-order valence-corrected chi connectivity index (χ0v) is 7.52. The van der Waals surface area contributed by atoms with Gasteiger partial charge in [0, 0.05) is 18.6 Å². The maximum absolute atomic E-state index is 5.80. The van der Waals surface area contributed by atoms with Gasteiger partial charge in [-0.1, -0.05) is 27.7 Å².